The van der Waals surface area contributed by atoms with Gasteiger partial charge in [-0.05, 0) is 30.5 Å². The number of rotatable bonds is 5. The summed E-state index contributed by atoms with van der Waals surface area (Å²) in [6.45, 7) is 0. The van der Waals surface area contributed by atoms with Crippen LogP contribution in [-0.4, -0.2) is 21.2 Å². The second-order valence-corrected chi connectivity index (χ2v) is 6.38. The lowest BCUT2D eigenvalue weighted by atomic mass is 10.0. The van der Waals surface area contributed by atoms with Crippen LogP contribution in [0, 0.1) is 10.1 Å². The Bertz CT molecular complexity index is 565. The summed E-state index contributed by atoms with van der Waals surface area (Å²) in [5.41, 5.74) is 0.579. The van der Waals surface area contributed by atoms with Gasteiger partial charge in [0.25, 0.3) is 5.69 Å². The summed E-state index contributed by atoms with van der Waals surface area (Å²) in [6, 6.07) is 4.88. The number of benzene rings is 1. The maximum atomic E-state index is 11.2. The second-order valence-electron chi connectivity index (χ2n) is 5.03. The lowest BCUT2D eigenvalue weighted by Crippen LogP contribution is -2.08. The predicted octanol–water partition coefficient (Wildman–Crippen LogP) is 4.12. The van der Waals surface area contributed by atoms with Crippen LogP contribution in [0.2, 0.25) is 0 Å². The highest BCUT2D eigenvalue weighted by molar-refractivity contribution is 8.00. The third kappa shape index (κ3) is 4.60. The molecule has 0 bridgehead atoms. The van der Waals surface area contributed by atoms with Gasteiger partial charge in [0.05, 0.1) is 9.82 Å². The number of carboxylic acids is 1. The van der Waals surface area contributed by atoms with Crippen LogP contribution in [0.4, 0.5) is 5.69 Å². The first-order chi connectivity index (χ1) is 10.1. The highest BCUT2D eigenvalue weighted by Gasteiger charge is 2.20. The SMILES string of the molecule is O=C(O)/C=C\c1ccc(SC2CCCCC2)c([N+](=O)[O-])c1. The van der Waals surface area contributed by atoms with Crippen molar-refractivity contribution in [3.63, 3.8) is 0 Å². The minimum atomic E-state index is -1.07. The Morgan fingerprint density at radius 3 is 2.67 bits per heavy atom. The number of carboxylic acid groups (broad SMARTS) is 1. The smallest absolute Gasteiger partial charge is 0.328 e. The molecule has 1 N–H and O–H groups in total. The van der Waals surface area contributed by atoms with E-state index in [1.54, 1.807) is 23.9 Å². The maximum absolute atomic E-state index is 11.2. The highest BCUT2D eigenvalue weighted by atomic mass is 32.2. The van der Waals surface area contributed by atoms with E-state index in [0.29, 0.717) is 15.7 Å². The predicted molar refractivity (Wildman–Crippen MR) is 82.5 cm³/mol. The normalized spacial score (nSPS) is 16.2. The van der Waals surface area contributed by atoms with Gasteiger partial charge in [0.15, 0.2) is 0 Å². The monoisotopic (exact) mass is 307 g/mol. The van der Waals surface area contributed by atoms with E-state index < -0.39 is 10.9 Å². The van der Waals surface area contributed by atoms with E-state index in [1.807, 2.05) is 0 Å². The fraction of sp³-hybridized carbons (Fsp3) is 0.400. The Balaban J connectivity index is 2.20. The first-order valence-electron chi connectivity index (χ1n) is 6.92. The topological polar surface area (TPSA) is 80.4 Å². The first-order valence-corrected chi connectivity index (χ1v) is 7.80. The molecule has 0 saturated heterocycles. The van der Waals surface area contributed by atoms with Gasteiger partial charge in [0, 0.05) is 17.4 Å². The van der Waals surface area contributed by atoms with Crippen LogP contribution >= 0.6 is 11.8 Å². The number of hydrogen-bond acceptors (Lipinski definition) is 4. The molecule has 1 saturated carbocycles. The maximum Gasteiger partial charge on any atom is 0.328 e. The van der Waals surface area contributed by atoms with Crippen molar-refractivity contribution < 1.29 is 14.8 Å². The van der Waals surface area contributed by atoms with Crippen molar-refractivity contribution in [2.75, 3.05) is 0 Å². The molecule has 1 aromatic rings. The summed E-state index contributed by atoms with van der Waals surface area (Å²) in [5.74, 6) is -1.07. The molecule has 5 nitrogen and oxygen atoms in total. The molecule has 0 aliphatic heterocycles. The lowest BCUT2D eigenvalue weighted by molar-refractivity contribution is -0.387. The van der Waals surface area contributed by atoms with Crippen LogP contribution in [0.3, 0.4) is 0 Å². The van der Waals surface area contributed by atoms with E-state index in [-0.39, 0.29) is 5.69 Å². The van der Waals surface area contributed by atoms with Crippen molar-refractivity contribution in [2.24, 2.45) is 0 Å². The summed E-state index contributed by atoms with van der Waals surface area (Å²) >= 11 is 1.57. The highest BCUT2D eigenvalue weighted by Crippen LogP contribution is 2.38. The standard InChI is InChI=1S/C15H17NO4S/c17-15(18)9-7-11-6-8-14(13(10-11)16(19)20)21-12-4-2-1-3-5-12/h6-10,12H,1-5H2,(H,17,18)/b9-7-. The number of aliphatic carboxylic acids is 1. The van der Waals surface area contributed by atoms with E-state index in [9.17, 15) is 14.9 Å². The van der Waals surface area contributed by atoms with Crippen LogP contribution in [0.5, 0.6) is 0 Å². The van der Waals surface area contributed by atoms with Gasteiger partial charge in [-0.25, -0.2) is 4.79 Å². The summed E-state index contributed by atoms with van der Waals surface area (Å²) in [7, 11) is 0. The molecule has 21 heavy (non-hydrogen) atoms. The van der Waals surface area contributed by atoms with Crippen LogP contribution in [0.25, 0.3) is 6.08 Å². The molecule has 1 aliphatic rings. The first kappa shape index (κ1) is 15.6. The number of nitro groups is 1. The molecule has 0 unspecified atom stereocenters. The number of hydrogen-bond donors (Lipinski definition) is 1. The molecule has 1 aromatic carbocycles. The van der Waals surface area contributed by atoms with Crippen molar-refractivity contribution in [1.29, 1.82) is 0 Å². The Morgan fingerprint density at radius 1 is 1.33 bits per heavy atom. The molecule has 2 rings (SSSR count). The summed E-state index contributed by atoms with van der Waals surface area (Å²) < 4.78 is 0. The van der Waals surface area contributed by atoms with E-state index in [4.69, 9.17) is 5.11 Å². The van der Waals surface area contributed by atoms with Crippen LogP contribution < -0.4 is 0 Å². The quantitative estimate of drug-likeness (QED) is 0.503. The molecule has 0 atom stereocenters. The molecule has 1 aliphatic carbocycles. The zero-order valence-corrected chi connectivity index (χ0v) is 12.3. The molecule has 1 fully saturated rings. The summed E-state index contributed by atoms with van der Waals surface area (Å²) in [6.07, 6.45) is 8.16. The van der Waals surface area contributed by atoms with Crippen LogP contribution in [0.15, 0.2) is 29.2 Å². The average Bonchev–Trinajstić information content (AvgIpc) is 2.47. The summed E-state index contributed by atoms with van der Waals surface area (Å²) in [5, 5.41) is 20.2. The number of carbonyl (C=O) groups is 1. The van der Waals surface area contributed by atoms with Crippen molar-refractivity contribution in [2.45, 2.75) is 42.2 Å². The van der Waals surface area contributed by atoms with E-state index >= 15 is 0 Å². The van der Waals surface area contributed by atoms with Crippen molar-refractivity contribution >= 4 is 29.5 Å². The van der Waals surface area contributed by atoms with Gasteiger partial charge in [-0.2, -0.15) is 0 Å². The van der Waals surface area contributed by atoms with Crippen molar-refractivity contribution in [3.8, 4) is 0 Å². The lowest BCUT2D eigenvalue weighted by Gasteiger charge is -2.20. The molecule has 0 spiro atoms. The molecule has 0 radical (unpaired) electrons. The van der Waals surface area contributed by atoms with Gasteiger partial charge in [-0.1, -0.05) is 25.3 Å². The van der Waals surface area contributed by atoms with Gasteiger partial charge in [-0.15, -0.1) is 11.8 Å². The third-order valence-electron chi connectivity index (χ3n) is 3.44. The molecule has 0 aromatic heterocycles. The molecule has 6 heteroatoms. The van der Waals surface area contributed by atoms with E-state index in [1.165, 1.54) is 31.4 Å². The van der Waals surface area contributed by atoms with Gasteiger partial charge in [0.1, 0.15) is 0 Å². The van der Waals surface area contributed by atoms with Gasteiger partial charge >= 0.3 is 5.97 Å². The third-order valence-corrected chi connectivity index (χ3v) is 4.85. The molecule has 112 valence electrons. The number of nitro benzene ring substituents is 1. The van der Waals surface area contributed by atoms with Gasteiger partial charge < -0.3 is 5.11 Å². The van der Waals surface area contributed by atoms with E-state index in [0.717, 1.165) is 18.9 Å². The zero-order valence-electron chi connectivity index (χ0n) is 11.5. The molecule has 0 heterocycles. The molecular weight excluding hydrogens is 290 g/mol. The number of nitrogens with zero attached hydrogens (tertiary/aromatic N) is 1. The Morgan fingerprint density at radius 2 is 2.05 bits per heavy atom. The molecular formula is C15H17NO4S. The van der Waals surface area contributed by atoms with Gasteiger partial charge in [-0.3, -0.25) is 10.1 Å². The zero-order chi connectivity index (χ0) is 15.2. The number of thioether (sulfide) groups is 1. The van der Waals surface area contributed by atoms with Crippen LogP contribution in [-0.2, 0) is 4.79 Å². The Kier molecular flexibility index (Phi) is 5.38. The minimum absolute atomic E-state index is 0.0538. The largest absolute Gasteiger partial charge is 0.478 e. The Hall–Kier alpha value is -1.82. The fourth-order valence-corrected chi connectivity index (χ4v) is 3.74. The van der Waals surface area contributed by atoms with Gasteiger partial charge in [0.2, 0.25) is 0 Å². The minimum Gasteiger partial charge on any atom is -0.478 e. The van der Waals surface area contributed by atoms with Crippen molar-refractivity contribution in [1.82, 2.24) is 0 Å². The second kappa shape index (κ2) is 7.26. The van der Waals surface area contributed by atoms with Crippen molar-refractivity contribution in [3.05, 3.63) is 40.0 Å². The Labute approximate surface area is 127 Å². The summed E-state index contributed by atoms with van der Waals surface area (Å²) in [4.78, 5) is 22.0. The van der Waals surface area contributed by atoms with E-state index in [2.05, 4.69) is 0 Å². The molecule has 0 amide bonds. The average molecular weight is 307 g/mol. The fourth-order valence-electron chi connectivity index (χ4n) is 2.41. The van der Waals surface area contributed by atoms with Crippen LogP contribution in [0.1, 0.15) is 37.7 Å².